The van der Waals surface area contributed by atoms with Gasteiger partial charge in [0.25, 0.3) is 11.1 Å². The van der Waals surface area contributed by atoms with Crippen LogP contribution in [0.1, 0.15) is 11.3 Å². The third-order valence-corrected chi connectivity index (χ3v) is 2.91. The number of aromatic nitrogens is 4. The quantitative estimate of drug-likeness (QED) is 0.587. The molecule has 0 unspecified atom stereocenters. The van der Waals surface area contributed by atoms with Crippen LogP contribution < -0.4 is 21.8 Å². The molecule has 0 spiro atoms. The second-order valence-corrected chi connectivity index (χ2v) is 4.43. The summed E-state index contributed by atoms with van der Waals surface area (Å²) in [5.74, 6) is 0. The molecule has 6 heteroatoms. The van der Waals surface area contributed by atoms with Crippen molar-refractivity contribution in [3.63, 3.8) is 0 Å². The molecule has 0 saturated carbocycles. The fourth-order valence-corrected chi connectivity index (χ4v) is 1.91. The van der Waals surface area contributed by atoms with Crippen LogP contribution in [0.15, 0.2) is 52.4 Å². The maximum atomic E-state index is 12.0. The van der Waals surface area contributed by atoms with Crippen LogP contribution in [-0.4, -0.2) is 19.9 Å². The van der Waals surface area contributed by atoms with E-state index < -0.39 is 0 Å². The summed E-state index contributed by atoms with van der Waals surface area (Å²) in [7, 11) is 0. The standard InChI is InChI=1S/C15H12N4O2/c20-14-12(6-10-4-2-1-3-5-10)18-15(21)13(19-14)7-11-8-16-9-17-11/h1-9H,(H,16,17)(H,18,21)(H,19,20)/b12-6-,13-7-. The van der Waals surface area contributed by atoms with Crippen LogP contribution in [0.3, 0.4) is 0 Å². The first-order chi connectivity index (χ1) is 10.2. The Balaban J connectivity index is 2.16. The molecule has 3 aromatic rings. The molecule has 2 aromatic heterocycles. The van der Waals surface area contributed by atoms with E-state index in [1.54, 1.807) is 12.3 Å². The first-order valence-electron chi connectivity index (χ1n) is 6.32. The molecule has 0 aliphatic carbocycles. The Kier molecular flexibility index (Phi) is 3.34. The molecule has 0 amide bonds. The lowest BCUT2D eigenvalue weighted by atomic mass is 10.2. The molecule has 3 N–H and O–H groups in total. The summed E-state index contributed by atoms with van der Waals surface area (Å²) in [6.07, 6.45) is 6.25. The lowest BCUT2D eigenvalue weighted by molar-refractivity contribution is 1.00. The van der Waals surface area contributed by atoms with Crippen LogP contribution >= 0.6 is 0 Å². The van der Waals surface area contributed by atoms with Crippen molar-refractivity contribution in [1.82, 2.24) is 19.9 Å². The van der Waals surface area contributed by atoms with Gasteiger partial charge in [0.05, 0.1) is 12.0 Å². The van der Waals surface area contributed by atoms with Gasteiger partial charge in [-0.1, -0.05) is 30.3 Å². The van der Waals surface area contributed by atoms with E-state index in [1.165, 1.54) is 12.4 Å². The van der Waals surface area contributed by atoms with Crippen molar-refractivity contribution in [1.29, 1.82) is 0 Å². The van der Waals surface area contributed by atoms with Crippen LogP contribution in [0.4, 0.5) is 0 Å². The van der Waals surface area contributed by atoms with Gasteiger partial charge in [-0.3, -0.25) is 9.59 Å². The van der Waals surface area contributed by atoms with Crippen LogP contribution in [0.5, 0.6) is 0 Å². The summed E-state index contributed by atoms with van der Waals surface area (Å²) >= 11 is 0. The molecular weight excluding hydrogens is 268 g/mol. The van der Waals surface area contributed by atoms with Gasteiger partial charge in [0.2, 0.25) is 0 Å². The first-order valence-corrected chi connectivity index (χ1v) is 6.32. The van der Waals surface area contributed by atoms with Gasteiger partial charge in [-0.2, -0.15) is 0 Å². The average Bonchev–Trinajstić information content (AvgIpc) is 2.98. The lowest BCUT2D eigenvalue weighted by Crippen LogP contribution is -2.46. The number of nitrogens with zero attached hydrogens (tertiary/aromatic N) is 1. The number of hydrogen-bond donors (Lipinski definition) is 3. The maximum absolute atomic E-state index is 12.0. The van der Waals surface area contributed by atoms with Crippen LogP contribution in [0, 0.1) is 0 Å². The topological polar surface area (TPSA) is 94.4 Å². The summed E-state index contributed by atoms with van der Waals surface area (Å²) in [6.45, 7) is 0. The average molecular weight is 280 g/mol. The molecule has 0 aliphatic heterocycles. The number of hydrogen-bond acceptors (Lipinski definition) is 3. The number of H-pyrrole nitrogens is 3. The monoisotopic (exact) mass is 280 g/mol. The predicted molar refractivity (Wildman–Crippen MR) is 79.1 cm³/mol. The second kappa shape index (κ2) is 5.46. The minimum atomic E-state index is -0.375. The van der Waals surface area contributed by atoms with Gasteiger partial charge in [-0.25, -0.2) is 4.98 Å². The second-order valence-electron chi connectivity index (χ2n) is 4.43. The highest BCUT2D eigenvalue weighted by Crippen LogP contribution is 1.97. The Morgan fingerprint density at radius 1 is 0.905 bits per heavy atom. The molecule has 1 aromatic carbocycles. The number of nitrogens with one attached hydrogen (secondary N) is 3. The van der Waals surface area contributed by atoms with Crippen molar-refractivity contribution in [2.45, 2.75) is 0 Å². The molecule has 0 fully saturated rings. The number of aromatic amines is 3. The maximum Gasteiger partial charge on any atom is 0.272 e. The number of benzene rings is 1. The van der Waals surface area contributed by atoms with Crippen molar-refractivity contribution in [2.24, 2.45) is 0 Å². The Labute approximate surface area is 118 Å². The van der Waals surface area contributed by atoms with Gasteiger partial charge in [0, 0.05) is 6.20 Å². The van der Waals surface area contributed by atoms with E-state index in [1.807, 2.05) is 30.3 Å². The van der Waals surface area contributed by atoms with Crippen molar-refractivity contribution >= 4 is 12.2 Å². The largest absolute Gasteiger partial charge is 0.351 e. The molecule has 0 atom stereocenters. The summed E-state index contributed by atoms with van der Waals surface area (Å²) in [5, 5.41) is 0.377. The summed E-state index contributed by atoms with van der Waals surface area (Å²) < 4.78 is 0. The highest BCUT2D eigenvalue weighted by Gasteiger charge is 1.97. The van der Waals surface area contributed by atoms with Crippen LogP contribution in [-0.2, 0) is 0 Å². The zero-order chi connectivity index (χ0) is 14.7. The van der Waals surface area contributed by atoms with Gasteiger partial charge in [0.15, 0.2) is 0 Å². The molecule has 21 heavy (non-hydrogen) atoms. The fourth-order valence-electron chi connectivity index (χ4n) is 1.91. The Hall–Kier alpha value is -3.15. The summed E-state index contributed by atoms with van der Waals surface area (Å²) in [4.78, 5) is 35.9. The van der Waals surface area contributed by atoms with E-state index in [4.69, 9.17) is 0 Å². The molecule has 0 saturated heterocycles. The Bertz CT molecular complexity index is 967. The van der Waals surface area contributed by atoms with E-state index in [0.29, 0.717) is 5.69 Å². The summed E-state index contributed by atoms with van der Waals surface area (Å²) in [5.41, 5.74) is 0.665. The van der Waals surface area contributed by atoms with Crippen LogP contribution in [0.2, 0.25) is 0 Å². The summed E-state index contributed by atoms with van der Waals surface area (Å²) in [6, 6.07) is 9.30. The normalized spacial score (nSPS) is 12.8. The molecule has 0 bridgehead atoms. The third kappa shape index (κ3) is 2.89. The van der Waals surface area contributed by atoms with Crippen LogP contribution in [0.25, 0.3) is 12.2 Å². The van der Waals surface area contributed by atoms with Crippen molar-refractivity contribution in [3.05, 3.63) is 85.5 Å². The minimum Gasteiger partial charge on any atom is -0.351 e. The van der Waals surface area contributed by atoms with Crippen molar-refractivity contribution in [3.8, 4) is 0 Å². The van der Waals surface area contributed by atoms with Gasteiger partial charge in [-0.05, 0) is 17.7 Å². The van der Waals surface area contributed by atoms with E-state index in [2.05, 4.69) is 19.9 Å². The predicted octanol–water partition coefficient (Wildman–Crippen LogP) is -0.556. The molecule has 0 radical (unpaired) electrons. The lowest BCUT2D eigenvalue weighted by Gasteiger charge is -1.92. The fraction of sp³-hybridized carbons (Fsp3) is 0. The zero-order valence-electron chi connectivity index (χ0n) is 11.0. The van der Waals surface area contributed by atoms with E-state index in [0.717, 1.165) is 5.56 Å². The minimum absolute atomic E-state index is 0.164. The molecule has 3 rings (SSSR count). The molecular formula is C15H12N4O2. The van der Waals surface area contributed by atoms with E-state index >= 15 is 0 Å². The van der Waals surface area contributed by atoms with E-state index in [9.17, 15) is 9.59 Å². The Morgan fingerprint density at radius 2 is 1.57 bits per heavy atom. The molecule has 2 heterocycles. The van der Waals surface area contributed by atoms with Gasteiger partial charge < -0.3 is 15.0 Å². The molecule has 0 aliphatic rings. The smallest absolute Gasteiger partial charge is 0.272 e. The Morgan fingerprint density at radius 3 is 2.19 bits per heavy atom. The van der Waals surface area contributed by atoms with E-state index in [-0.39, 0.29) is 21.8 Å². The third-order valence-electron chi connectivity index (χ3n) is 2.91. The molecule has 6 nitrogen and oxygen atoms in total. The van der Waals surface area contributed by atoms with Gasteiger partial charge in [-0.15, -0.1) is 0 Å². The highest BCUT2D eigenvalue weighted by molar-refractivity contribution is 5.47. The zero-order valence-corrected chi connectivity index (χ0v) is 11.0. The van der Waals surface area contributed by atoms with Gasteiger partial charge in [0.1, 0.15) is 10.7 Å². The highest BCUT2D eigenvalue weighted by atomic mass is 16.1. The van der Waals surface area contributed by atoms with Crippen molar-refractivity contribution in [2.75, 3.05) is 0 Å². The number of rotatable bonds is 2. The van der Waals surface area contributed by atoms with Crippen molar-refractivity contribution < 1.29 is 0 Å². The van der Waals surface area contributed by atoms with Gasteiger partial charge >= 0.3 is 0 Å². The number of imidazole rings is 1. The molecule has 104 valence electrons. The first kappa shape index (κ1) is 12.9. The SMILES string of the molecule is O=c1[nH]/c(=C\c2c[nH]cn2)c(=O)[nH]/c1=C\c1ccccc1.